The molecule has 94 valence electrons. The number of carbonyl (C=O) groups excluding carboxylic acids is 1. The van der Waals surface area contributed by atoms with Crippen LogP contribution in [0, 0.1) is 6.92 Å². The molecule has 1 atom stereocenters. The second-order valence-electron chi connectivity index (χ2n) is 3.70. The van der Waals surface area contributed by atoms with Crippen LogP contribution in [0.3, 0.4) is 0 Å². The molecule has 0 saturated heterocycles. The van der Waals surface area contributed by atoms with Gasteiger partial charge in [0.1, 0.15) is 5.82 Å². The number of nitrogens with one attached hydrogen (secondary N) is 1. The molecular weight excluding hydrogens is 236 g/mol. The van der Waals surface area contributed by atoms with Gasteiger partial charge < -0.3 is 11.1 Å². The number of nitrogens with two attached hydrogens (primary N) is 1. The molecule has 0 aliphatic heterocycles. The van der Waals surface area contributed by atoms with Gasteiger partial charge in [-0.15, -0.1) is 0 Å². The van der Waals surface area contributed by atoms with E-state index in [1.807, 2.05) is 13.2 Å². The van der Waals surface area contributed by atoms with Crippen molar-refractivity contribution >= 4 is 17.7 Å². The van der Waals surface area contributed by atoms with Gasteiger partial charge in [0, 0.05) is 6.20 Å². The maximum Gasteiger partial charge on any atom is 0.237 e. The van der Waals surface area contributed by atoms with Crippen molar-refractivity contribution in [3.63, 3.8) is 0 Å². The Morgan fingerprint density at radius 1 is 1.65 bits per heavy atom. The van der Waals surface area contributed by atoms with Gasteiger partial charge in [-0.1, -0.05) is 0 Å². The molecular formula is C11H18N4OS. The predicted molar refractivity (Wildman–Crippen MR) is 69.6 cm³/mol. The summed E-state index contributed by atoms with van der Waals surface area (Å²) in [4.78, 5) is 19.8. The molecule has 0 aromatic carbocycles. The third-order valence-corrected chi connectivity index (χ3v) is 2.89. The molecule has 0 aliphatic carbocycles. The van der Waals surface area contributed by atoms with Crippen LogP contribution in [0.2, 0.25) is 0 Å². The minimum absolute atomic E-state index is 0.129. The number of nitrogens with zero attached hydrogens (tertiary/aromatic N) is 2. The van der Waals surface area contributed by atoms with E-state index in [2.05, 4.69) is 15.3 Å². The molecule has 0 unspecified atom stereocenters. The van der Waals surface area contributed by atoms with E-state index >= 15 is 0 Å². The Morgan fingerprint density at radius 2 is 2.41 bits per heavy atom. The minimum Gasteiger partial charge on any atom is -0.349 e. The highest BCUT2D eigenvalue weighted by Gasteiger charge is 2.12. The summed E-state index contributed by atoms with van der Waals surface area (Å²) in [5.74, 6) is 1.46. The van der Waals surface area contributed by atoms with Crippen molar-refractivity contribution in [2.45, 2.75) is 25.9 Å². The molecule has 6 heteroatoms. The van der Waals surface area contributed by atoms with E-state index in [1.165, 1.54) is 0 Å². The summed E-state index contributed by atoms with van der Waals surface area (Å²) >= 11 is 1.68. The van der Waals surface area contributed by atoms with E-state index < -0.39 is 6.04 Å². The fourth-order valence-corrected chi connectivity index (χ4v) is 1.78. The van der Waals surface area contributed by atoms with Crippen LogP contribution in [0.25, 0.3) is 0 Å². The van der Waals surface area contributed by atoms with Crippen molar-refractivity contribution < 1.29 is 4.79 Å². The Hall–Kier alpha value is -1.14. The Kier molecular flexibility index (Phi) is 5.93. The van der Waals surface area contributed by atoms with Gasteiger partial charge in [-0.3, -0.25) is 4.79 Å². The molecule has 1 rings (SSSR count). The van der Waals surface area contributed by atoms with Crippen molar-refractivity contribution in [1.82, 2.24) is 15.3 Å². The van der Waals surface area contributed by atoms with Crippen LogP contribution in [-0.2, 0) is 11.3 Å². The predicted octanol–water partition coefficient (Wildman–Crippen LogP) is 0.482. The molecule has 0 bridgehead atoms. The van der Waals surface area contributed by atoms with Gasteiger partial charge in [-0.05, 0) is 31.4 Å². The summed E-state index contributed by atoms with van der Waals surface area (Å²) in [5, 5.41) is 2.77. The first-order valence-corrected chi connectivity index (χ1v) is 6.83. The summed E-state index contributed by atoms with van der Waals surface area (Å²) in [7, 11) is 0. The molecule has 5 nitrogen and oxygen atoms in total. The van der Waals surface area contributed by atoms with Crippen LogP contribution >= 0.6 is 11.8 Å². The number of thioether (sulfide) groups is 1. The van der Waals surface area contributed by atoms with E-state index in [0.29, 0.717) is 18.8 Å². The quantitative estimate of drug-likeness (QED) is 0.772. The lowest BCUT2D eigenvalue weighted by Gasteiger charge is -2.11. The number of aromatic nitrogens is 2. The van der Waals surface area contributed by atoms with Crippen LogP contribution in [0.1, 0.15) is 17.9 Å². The lowest BCUT2D eigenvalue weighted by molar-refractivity contribution is -0.122. The van der Waals surface area contributed by atoms with Crippen LogP contribution in [0.5, 0.6) is 0 Å². The zero-order chi connectivity index (χ0) is 12.7. The average Bonchev–Trinajstić information content (AvgIpc) is 2.33. The van der Waals surface area contributed by atoms with E-state index in [4.69, 9.17) is 5.73 Å². The van der Waals surface area contributed by atoms with Crippen LogP contribution < -0.4 is 11.1 Å². The molecule has 1 heterocycles. The van der Waals surface area contributed by atoms with E-state index in [0.717, 1.165) is 11.4 Å². The topological polar surface area (TPSA) is 80.9 Å². The number of hydrogen-bond donors (Lipinski definition) is 2. The molecule has 1 amide bonds. The van der Waals surface area contributed by atoms with Crippen molar-refractivity contribution in [1.29, 1.82) is 0 Å². The zero-order valence-electron chi connectivity index (χ0n) is 10.1. The average molecular weight is 254 g/mol. The molecule has 0 aliphatic rings. The first-order valence-electron chi connectivity index (χ1n) is 5.44. The Balaban J connectivity index is 2.37. The van der Waals surface area contributed by atoms with E-state index in [9.17, 15) is 4.79 Å². The lowest BCUT2D eigenvalue weighted by Crippen LogP contribution is -2.40. The maximum atomic E-state index is 11.6. The largest absolute Gasteiger partial charge is 0.349 e. The fourth-order valence-electron chi connectivity index (χ4n) is 1.29. The summed E-state index contributed by atoms with van der Waals surface area (Å²) < 4.78 is 0. The third-order valence-electron chi connectivity index (χ3n) is 2.25. The second kappa shape index (κ2) is 7.24. The summed E-state index contributed by atoms with van der Waals surface area (Å²) in [6.07, 6.45) is 4.36. The molecule has 0 radical (unpaired) electrons. The van der Waals surface area contributed by atoms with Gasteiger partial charge in [0.15, 0.2) is 0 Å². The van der Waals surface area contributed by atoms with Gasteiger partial charge in [-0.25, -0.2) is 9.97 Å². The summed E-state index contributed by atoms with van der Waals surface area (Å²) in [6, 6.07) is 1.34. The normalized spacial score (nSPS) is 12.2. The third kappa shape index (κ3) is 5.14. The Bertz CT molecular complexity index is 372. The molecule has 17 heavy (non-hydrogen) atoms. The van der Waals surface area contributed by atoms with Gasteiger partial charge in [-0.2, -0.15) is 11.8 Å². The number of aryl methyl sites for hydroxylation is 1. The second-order valence-corrected chi connectivity index (χ2v) is 4.69. The smallest absolute Gasteiger partial charge is 0.237 e. The zero-order valence-corrected chi connectivity index (χ0v) is 11.0. The first-order chi connectivity index (χ1) is 8.13. The number of carbonyl (C=O) groups is 1. The van der Waals surface area contributed by atoms with E-state index in [1.54, 1.807) is 24.0 Å². The maximum absolute atomic E-state index is 11.6. The van der Waals surface area contributed by atoms with Gasteiger partial charge >= 0.3 is 0 Å². The molecule has 0 spiro atoms. The Labute approximate surface area is 106 Å². The van der Waals surface area contributed by atoms with Crippen LogP contribution in [-0.4, -0.2) is 33.9 Å². The van der Waals surface area contributed by atoms with Crippen molar-refractivity contribution in [2.24, 2.45) is 5.73 Å². The Morgan fingerprint density at radius 3 is 3.06 bits per heavy atom. The van der Waals surface area contributed by atoms with Gasteiger partial charge in [0.2, 0.25) is 5.91 Å². The van der Waals surface area contributed by atoms with E-state index in [-0.39, 0.29) is 5.91 Å². The van der Waals surface area contributed by atoms with Gasteiger partial charge in [0.05, 0.1) is 18.3 Å². The number of rotatable bonds is 6. The molecule has 3 N–H and O–H groups in total. The van der Waals surface area contributed by atoms with Crippen molar-refractivity contribution in [3.05, 3.63) is 23.8 Å². The monoisotopic (exact) mass is 254 g/mol. The molecule has 1 aromatic rings. The van der Waals surface area contributed by atoms with Crippen molar-refractivity contribution in [2.75, 3.05) is 12.0 Å². The van der Waals surface area contributed by atoms with Gasteiger partial charge in [0.25, 0.3) is 0 Å². The SMILES string of the molecule is CSCC[C@@H](N)C(=O)NCc1ccnc(C)n1. The standard InChI is InChI=1S/C11H18N4OS/c1-8-13-5-3-9(15-8)7-14-11(16)10(12)4-6-17-2/h3,5,10H,4,6-7,12H2,1-2H3,(H,14,16)/t10-/m1/s1. The highest BCUT2D eigenvalue weighted by molar-refractivity contribution is 7.98. The molecule has 0 saturated carbocycles. The first kappa shape index (κ1) is 13.9. The summed E-state index contributed by atoms with van der Waals surface area (Å²) in [6.45, 7) is 2.21. The highest BCUT2D eigenvalue weighted by atomic mass is 32.2. The van der Waals surface area contributed by atoms with Crippen LogP contribution in [0.4, 0.5) is 0 Å². The molecule has 0 fully saturated rings. The van der Waals surface area contributed by atoms with Crippen molar-refractivity contribution in [3.8, 4) is 0 Å². The molecule has 1 aromatic heterocycles. The number of hydrogen-bond acceptors (Lipinski definition) is 5. The lowest BCUT2D eigenvalue weighted by atomic mass is 10.2. The summed E-state index contributed by atoms with van der Waals surface area (Å²) in [5.41, 5.74) is 6.53. The fraction of sp³-hybridized carbons (Fsp3) is 0.545. The number of amides is 1. The minimum atomic E-state index is -0.439. The van der Waals surface area contributed by atoms with Crippen LogP contribution in [0.15, 0.2) is 12.3 Å². The highest BCUT2D eigenvalue weighted by Crippen LogP contribution is 1.99.